The molecule has 16 heavy (non-hydrogen) atoms. The Morgan fingerprint density at radius 1 is 1.31 bits per heavy atom. The fourth-order valence-corrected chi connectivity index (χ4v) is 1.60. The molecular weight excluding hydrogens is 208 g/mol. The average molecular weight is 224 g/mol. The van der Waals surface area contributed by atoms with Crippen LogP contribution in [0, 0.1) is 0 Å². The van der Waals surface area contributed by atoms with Gasteiger partial charge in [-0.1, -0.05) is 12.1 Å². The highest BCUT2D eigenvalue weighted by Crippen LogP contribution is 2.26. The van der Waals surface area contributed by atoms with Crippen molar-refractivity contribution in [2.75, 3.05) is 20.3 Å². The molecule has 1 aromatic rings. The van der Waals surface area contributed by atoms with Crippen LogP contribution in [0.15, 0.2) is 24.3 Å². The number of methoxy groups -OCH3 is 1. The zero-order valence-electron chi connectivity index (χ0n) is 9.51. The molecule has 1 aromatic carbocycles. The predicted octanol–water partition coefficient (Wildman–Crippen LogP) is 1.84. The molecule has 0 aromatic heterocycles. The van der Waals surface area contributed by atoms with E-state index < -0.39 is 0 Å². The van der Waals surface area contributed by atoms with E-state index in [1.54, 1.807) is 7.11 Å². The molecule has 0 aliphatic carbocycles. The van der Waals surface area contributed by atoms with Crippen molar-refractivity contribution in [1.82, 2.24) is 0 Å². The zero-order chi connectivity index (χ0) is 11.4. The van der Waals surface area contributed by atoms with Crippen LogP contribution < -0.4 is 9.47 Å². The third-order valence-electron chi connectivity index (χ3n) is 2.39. The van der Waals surface area contributed by atoms with Gasteiger partial charge in [-0.2, -0.15) is 0 Å². The van der Waals surface area contributed by atoms with Crippen LogP contribution in [-0.4, -0.2) is 32.7 Å². The second-order valence-corrected chi connectivity index (χ2v) is 3.62. The molecule has 0 saturated carbocycles. The topological polar surface area (TPSA) is 36.9 Å². The molecule has 0 bridgehead atoms. The number of hydrogen-bond donors (Lipinski definition) is 0. The molecule has 4 nitrogen and oxygen atoms in total. The highest BCUT2D eigenvalue weighted by Gasteiger charge is 2.23. The maximum absolute atomic E-state index is 5.63. The fourth-order valence-electron chi connectivity index (χ4n) is 1.60. The van der Waals surface area contributed by atoms with Crippen molar-refractivity contribution in [1.29, 1.82) is 0 Å². The Kier molecular flexibility index (Phi) is 3.64. The van der Waals surface area contributed by atoms with E-state index >= 15 is 0 Å². The molecule has 88 valence electrons. The van der Waals surface area contributed by atoms with Crippen molar-refractivity contribution >= 4 is 0 Å². The van der Waals surface area contributed by atoms with Gasteiger partial charge in [0.15, 0.2) is 17.8 Å². The second kappa shape index (κ2) is 5.18. The summed E-state index contributed by atoms with van der Waals surface area (Å²) in [4.78, 5) is 0. The van der Waals surface area contributed by atoms with E-state index in [0.717, 1.165) is 11.5 Å². The van der Waals surface area contributed by atoms with Crippen molar-refractivity contribution < 1.29 is 18.9 Å². The maximum atomic E-state index is 5.63. The van der Waals surface area contributed by atoms with E-state index in [2.05, 4.69) is 0 Å². The Labute approximate surface area is 95.1 Å². The van der Waals surface area contributed by atoms with E-state index in [4.69, 9.17) is 18.9 Å². The first-order chi connectivity index (χ1) is 7.79. The van der Waals surface area contributed by atoms with Gasteiger partial charge in [0.2, 0.25) is 0 Å². The molecule has 0 radical (unpaired) electrons. The summed E-state index contributed by atoms with van der Waals surface area (Å²) < 4.78 is 21.6. The molecule has 2 atom stereocenters. The van der Waals surface area contributed by atoms with Gasteiger partial charge in [-0.3, -0.25) is 0 Å². The van der Waals surface area contributed by atoms with Crippen LogP contribution >= 0.6 is 0 Å². The van der Waals surface area contributed by atoms with Gasteiger partial charge in [0.25, 0.3) is 0 Å². The Morgan fingerprint density at radius 3 is 2.69 bits per heavy atom. The largest absolute Gasteiger partial charge is 0.493 e. The van der Waals surface area contributed by atoms with Gasteiger partial charge in [-0.05, 0) is 19.1 Å². The van der Waals surface area contributed by atoms with Crippen LogP contribution in [0.4, 0.5) is 0 Å². The summed E-state index contributed by atoms with van der Waals surface area (Å²) in [5.74, 6) is 1.46. The SMILES string of the molecule is COc1ccccc1OCC1COC(C)O1. The normalized spacial score (nSPS) is 24.4. The van der Waals surface area contributed by atoms with Crippen molar-refractivity contribution in [2.45, 2.75) is 19.3 Å². The molecule has 0 N–H and O–H groups in total. The lowest BCUT2D eigenvalue weighted by atomic mass is 10.3. The monoisotopic (exact) mass is 224 g/mol. The Hall–Kier alpha value is -1.26. The summed E-state index contributed by atoms with van der Waals surface area (Å²) in [6.45, 7) is 2.93. The molecule has 2 unspecified atom stereocenters. The lowest BCUT2D eigenvalue weighted by Gasteiger charge is -2.13. The molecule has 0 spiro atoms. The van der Waals surface area contributed by atoms with Crippen molar-refractivity contribution in [2.24, 2.45) is 0 Å². The first-order valence-corrected chi connectivity index (χ1v) is 5.32. The minimum atomic E-state index is -0.133. The molecule has 1 heterocycles. The van der Waals surface area contributed by atoms with Crippen molar-refractivity contribution in [3.05, 3.63) is 24.3 Å². The summed E-state index contributed by atoms with van der Waals surface area (Å²) in [5.41, 5.74) is 0. The van der Waals surface area contributed by atoms with E-state index in [-0.39, 0.29) is 12.4 Å². The van der Waals surface area contributed by atoms with Crippen LogP contribution in [0.2, 0.25) is 0 Å². The Morgan fingerprint density at radius 2 is 2.06 bits per heavy atom. The van der Waals surface area contributed by atoms with Crippen LogP contribution in [0.25, 0.3) is 0 Å². The van der Waals surface area contributed by atoms with Crippen molar-refractivity contribution in [3.8, 4) is 11.5 Å². The van der Waals surface area contributed by atoms with Crippen LogP contribution in [0.1, 0.15) is 6.92 Å². The quantitative estimate of drug-likeness (QED) is 0.782. The molecule has 1 aliphatic heterocycles. The minimum absolute atomic E-state index is 0.0000813. The Balaban J connectivity index is 1.89. The minimum Gasteiger partial charge on any atom is -0.493 e. The molecule has 1 fully saturated rings. The number of hydrogen-bond acceptors (Lipinski definition) is 4. The van der Waals surface area contributed by atoms with Gasteiger partial charge < -0.3 is 18.9 Å². The van der Waals surface area contributed by atoms with Gasteiger partial charge in [0, 0.05) is 0 Å². The summed E-state index contributed by atoms with van der Waals surface area (Å²) in [5, 5.41) is 0. The molecule has 2 rings (SSSR count). The first-order valence-electron chi connectivity index (χ1n) is 5.32. The second-order valence-electron chi connectivity index (χ2n) is 3.62. The summed E-state index contributed by atoms with van der Waals surface area (Å²) in [6, 6.07) is 7.55. The third-order valence-corrected chi connectivity index (χ3v) is 2.39. The number of rotatable bonds is 4. The lowest BCUT2D eigenvalue weighted by molar-refractivity contribution is -0.0487. The molecule has 1 saturated heterocycles. The van der Waals surface area contributed by atoms with E-state index in [9.17, 15) is 0 Å². The summed E-state index contributed by atoms with van der Waals surface area (Å²) in [7, 11) is 1.62. The van der Waals surface area contributed by atoms with Gasteiger partial charge in [0.1, 0.15) is 12.7 Å². The van der Waals surface area contributed by atoms with Gasteiger partial charge >= 0.3 is 0 Å². The predicted molar refractivity (Wildman–Crippen MR) is 58.8 cm³/mol. The maximum Gasteiger partial charge on any atom is 0.161 e. The smallest absolute Gasteiger partial charge is 0.161 e. The Bertz CT molecular complexity index is 340. The van der Waals surface area contributed by atoms with Crippen LogP contribution in [0.5, 0.6) is 11.5 Å². The highest BCUT2D eigenvalue weighted by atomic mass is 16.7. The summed E-state index contributed by atoms with van der Waals surface area (Å²) >= 11 is 0. The van der Waals surface area contributed by atoms with E-state index in [0.29, 0.717) is 13.2 Å². The van der Waals surface area contributed by atoms with Gasteiger partial charge in [0.05, 0.1) is 13.7 Å². The average Bonchev–Trinajstić information content (AvgIpc) is 2.73. The third kappa shape index (κ3) is 2.65. The van der Waals surface area contributed by atoms with Crippen LogP contribution in [0.3, 0.4) is 0 Å². The van der Waals surface area contributed by atoms with Crippen LogP contribution in [-0.2, 0) is 9.47 Å². The lowest BCUT2D eigenvalue weighted by Crippen LogP contribution is -2.20. The zero-order valence-corrected chi connectivity index (χ0v) is 9.51. The fraction of sp³-hybridized carbons (Fsp3) is 0.500. The highest BCUT2D eigenvalue weighted by molar-refractivity contribution is 5.39. The first kappa shape index (κ1) is 11.2. The molecular formula is C12H16O4. The van der Waals surface area contributed by atoms with E-state index in [1.807, 2.05) is 31.2 Å². The van der Waals surface area contributed by atoms with Gasteiger partial charge in [-0.25, -0.2) is 0 Å². The van der Waals surface area contributed by atoms with Gasteiger partial charge in [-0.15, -0.1) is 0 Å². The molecule has 4 heteroatoms. The number of para-hydroxylation sites is 2. The van der Waals surface area contributed by atoms with Crippen molar-refractivity contribution in [3.63, 3.8) is 0 Å². The molecule has 1 aliphatic rings. The van der Waals surface area contributed by atoms with E-state index in [1.165, 1.54) is 0 Å². The number of benzene rings is 1. The molecule has 0 amide bonds. The standard InChI is InChI=1S/C12H16O4/c1-9-14-7-10(16-9)8-15-12-6-4-3-5-11(12)13-2/h3-6,9-10H,7-8H2,1-2H3. The number of ether oxygens (including phenoxy) is 4. The summed E-state index contributed by atoms with van der Waals surface area (Å²) in [6.07, 6.45) is -0.133.